The van der Waals surface area contributed by atoms with Crippen molar-refractivity contribution in [1.29, 1.82) is 0 Å². The molecule has 5 heteroatoms. The molecule has 2 amide bonds. The van der Waals surface area contributed by atoms with Crippen molar-refractivity contribution in [1.82, 2.24) is 5.32 Å². The maximum absolute atomic E-state index is 12.0. The van der Waals surface area contributed by atoms with Gasteiger partial charge in [0.15, 0.2) is 0 Å². The van der Waals surface area contributed by atoms with Crippen molar-refractivity contribution in [3.8, 4) is 0 Å². The van der Waals surface area contributed by atoms with Gasteiger partial charge in [0.1, 0.15) is 0 Å². The highest BCUT2D eigenvalue weighted by Gasteiger charge is 2.11. The van der Waals surface area contributed by atoms with Gasteiger partial charge in [0.2, 0.25) is 0 Å². The second-order valence-corrected chi connectivity index (χ2v) is 6.84. The molecule has 3 rings (SSSR count). The minimum Gasteiger partial charge on any atom is -0.371 e. The Morgan fingerprint density at radius 2 is 2.00 bits per heavy atom. The van der Waals surface area contributed by atoms with Crippen molar-refractivity contribution in [2.24, 2.45) is 0 Å². The van der Waals surface area contributed by atoms with Crippen LogP contribution in [-0.4, -0.2) is 25.7 Å². The molecular formula is C18H23N3OS. The molecule has 0 spiro atoms. The summed E-state index contributed by atoms with van der Waals surface area (Å²) in [6.45, 7) is 2.87. The summed E-state index contributed by atoms with van der Waals surface area (Å²) in [6, 6.07) is 12.1. The zero-order chi connectivity index (χ0) is 15.9. The lowest BCUT2D eigenvalue weighted by Crippen LogP contribution is -2.31. The second-order valence-electron chi connectivity index (χ2n) is 5.81. The van der Waals surface area contributed by atoms with Gasteiger partial charge >= 0.3 is 6.03 Å². The number of urea groups is 1. The molecule has 2 N–H and O–H groups in total. The van der Waals surface area contributed by atoms with E-state index in [1.54, 1.807) is 11.3 Å². The minimum atomic E-state index is -0.141. The number of benzene rings is 1. The number of rotatable bonds is 5. The van der Waals surface area contributed by atoms with Gasteiger partial charge in [0.25, 0.3) is 0 Å². The van der Waals surface area contributed by atoms with Gasteiger partial charge in [-0.05, 0) is 55.3 Å². The Labute approximate surface area is 141 Å². The summed E-state index contributed by atoms with van der Waals surface area (Å²) >= 11 is 1.72. The van der Waals surface area contributed by atoms with E-state index in [1.165, 1.54) is 29.8 Å². The van der Waals surface area contributed by atoms with Crippen LogP contribution in [0.4, 0.5) is 16.2 Å². The van der Waals surface area contributed by atoms with Crippen LogP contribution >= 0.6 is 11.3 Å². The van der Waals surface area contributed by atoms with E-state index in [1.807, 2.05) is 18.2 Å². The average molecular weight is 329 g/mol. The van der Waals surface area contributed by atoms with Crippen LogP contribution < -0.4 is 15.5 Å². The third-order valence-corrected chi connectivity index (χ3v) is 5.00. The van der Waals surface area contributed by atoms with E-state index in [0.29, 0.717) is 6.54 Å². The van der Waals surface area contributed by atoms with E-state index in [4.69, 9.17) is 0 Å². The summed E-state index contributed by atoms with van der Waals surface area (Å²) in [5.74, 6) is 0. The predicted molar refractivity (Wildman–Crippen MR) is 97.6 cm³/mol. The first-order valence-electron chi connectivity index (χ1n) is 8.23. The third kappa shape index (κ3) is 4.73. The molecule has 4 nitrogen and oxygen atoms in total. The highest BCUT2D eigenvalue weighted by atomic mass is 32.1. The molecule has 1 aliphatic rings. The molecule has 1 aromatic heterocycles. The third-order valence-electron chi connectivity index (χ3n) is 4.06. The fourth-order valence-corrected chi connectivity index (χ4v) is 3.57. The first-order chi connectivity index (χ1) is 11.3. The molecule has 0 aliphatic carbocycles. The Bertz CT molecular complexity index is 621. The molecule has 1 fully saturated rings. The fourth-order valence-electron chi connectivity index (χ4n) is 2.86. The molecule has 1 saturated heterocycles. The molecule has 2 heterocycles. The molecule has 0 unspecified atom stereocenters. The van der Waals surface area contributed by atoms with Crippen molar-refractivity contribution < 1.29 is 4.79 Å². The first-order valence-corrected chi connectivity index (χ1v) is 9.11. The highest BCUT2D eigenvalue weighted by molar-refractivity contribution is 7.09. The summed E-state index contributed by atoms with van der Waals surface area (Å²) in [5, 5.41) is 7.90. The van der Waals surface area contributed by atoms with Gasteiger partial charge in [0, 0.05) is 35.9 Å². The fraction of sp³-hybridized carbons (Fsp3) is 0.389. The lowest BCUT2D eigenvalue weighted by molar-refractivity contribution is 0.252. The van der Waals surface area contributed by atoms with Gasteiger partial charge in [-0.3, -0.25) is 0 Å². The largest absolute Gasteiger partial charge is 0.371 e. The van der Waals surface area contributed by atoms with Crippen molar-refractivity contribution >= 4 is 28.7 Å². The average Bonchev–Trinajstić information content (AvgIpc) is 3.09. The summed E-state index contributed by atoms with van der Waals surface area (Å²) in [6.07, 6.45) is 4.70. The molecule has 23 heavy (non-hydrogen) atoms. The normalized spacial score (nSPS) is 14.5. The molecule has 0 saturated carbocycles. The van der Waals surface area contributed by atoms with E-state index in [-0.39, 0.29) is 6.03 Å². The first kappa shape index (κ1) is 15.9. The van der Waals surface area contributed by atoms with E-state index in [0.717, 1.165) is 25.2 Å². The lowest BCUT2D eigenvalue weighted by Gasteiger charge is -2.29. The van der Waals surface area contributed by atoms with Crippen LogP contribution in [0.5, 0.6) is 0 Å². The minimum absolute atomic E-state index is 0.141. The number of carbonyl (C=O) groups excluding carboxylic acids is 1. The predicted octanol–water partition coefficient (Wildman–Crippen LogP) is 4.10. The Balaban J connectivity index is 1.49. The number of carbonyl (C=O) groups is 1. The molecule has 122 valence electrons. The SMILES string of the molecule is O=C(NCCc1cccs1)Nc1cccc(N2CCCCC2)c1. The number of thiophene rings is 1. The topological polar surface area (TPSA) is 44.4 Å². The van der Waals surface area contributed by atoms with Crippen molar-refractivity contribution in [3.63, 3.8) is 0 Å². The van der Waals surface area contributed by atoms with Crippen LogP contribution in [0.3, 0.4) is 0 Å². The number of nitrogens with zero attached hydrogens (tertiary/aromatic N) is 1. The molecule has 1 aliphatic heterocycles. The van der Waals surface area contributed by atoms with Gasteiger partial charge in [-0.25, -0.2) is 4.79 Å². The van der Waals surface area contributed by atoms with E-state index in [9.17, 15) is 4.79 Å². The lowest BCUT2D eigenvalue weighted by atomic mass is 10.1. The van der Waals surface area contributed by atoms with Crippen LogP contribution in [0, 0.1) is 0 Å². The monoisotopic (exact) mass is 329 g/mol. The van der Waals surface area contributed by atoms with Gasteiger partial charge in [-0.2, -0.15) is 0 Å². The number of amides is 2. The zero-order valence-electron chi connectivity index (χ0n) is 13.3. The molecule has 0 atom stereocenters. The Morgan fingerprint density at radius 1 is 1.13 bits per heavy atom. The second kappa shape index (κ2) is 8.02. The Hall–Kier alpha value is -2.01. The number of hydrogen-bond donors (Lipinski definition) is 2. The van der Waals surface area contributed by atoms with E-state index >= 15 is 0 Å². The van der Waals surface area contributed by atoms with Crippen LogP contribution in [0.1, 0.15) is 24.1 Å². The summed E-state index contributed by atoms with van der Waals surface area (Å²) in [4.78, 5) is 15.7. The number of nitrogens with one attached hydrogen (secondary N) is 2. The molecular weight excluding hydrogens is 306 g/mol. The standard InChI is InChI=1S/C18H23N3OS/c22-18(19-10-9-17-8-5-13-23-17)20-15-6-4-7-16(14-15)21-11-2-1-3-12-21/h4-8,13-14H,1-3,9-12H2,(H2,19,20,22). The number of piperidine rings is 1. The van der Waals surface area contributed by atoms with Gasteiger partial charge in [-0.15, -0.1) is 11.3 Å². The van der Waals surface area contributed by atoms with Crippen LogP contribution in [0.25, 0.3) is 0 Å². The number of hydrogen-bond acceptors (Lipinski definition) is 3. The van der Waals surface area contributed by atoms with Crippen molar-refractivity contribution in [2.75, 3.05) is 29.9 Å². The van der Waals surface area contributed by atoms with Crippen molar-refractivity contribution in [3.05, 3.63) is 46.7 Å². The van der Waals surface area contributed by atoms with Crippen LogP contribution in [-0.2, 0) is 6.42 Å². The zero-order valence-corrected chi connectivity index (χ0v) is 14.1. The highest BCUT2D eigenvalue weighted by Crippen LogP contribution is 2.22. The molecule has 0 radical (unpaired) electrons. The smallest absolute Gasteiger partial charge is 0.319 e. The Kier molecular flexibility index (Phi) is 5.53. The summed E-state index contributed by atoms with van der Waals surface area (Å²) in [7, 11) is 0. The summed E-state index contributed by atoms with van der Waals surface area (Å²) < 4.78 is 0. The van der Waals surface area contributed by atoms with Crippen LogP contribution in [0.15, 0.2) is 41.8 Å². The van der Waals surface area contributed by atoms with Gasteiger partial charge in [-0.1, -0.05) is 12.1 Å². The van der Waals surface area contributed by atoms with Gasteiger partial charge in [0.05, 0.1) is 0 Å². The van der Waals surface area contributed by atoms with Gasteiger partial charge < -0.3 is 15.5 Å². The molecule has 0 bridgehead atoms. The van der Waals surface area contributed by atoms with Crippen molar-refractivity contribution in [2.45, 2.75) is 25.7 Å². The maximum Gasteiger partial charge on any atom is 0.319 e. The maximum atomic E-state index is 12.0. The summed E-state index contributed by atoms with van der Waals surface area (Å²) in [5.41, 5.74) is 2.04. The van der Waals surface area contributed by atoms with E-state index in [2.05, 4.69) is 39.1 Å². The molecule has 2 aromatic rings. The quantitative estimate of drug-likeness (QED) is 0.867. The Morgan fingerprint density at radius 3 is 2.78 bits per heavy atom. The number of anilines is 2. The van der Waals surface area contributed by atoms with E-state index < -0.39 is 0 Å². The van der Waals surface area contributed by atoms with Crippen LogP contribution in [0.2, 0.25) is 0 Å². The molecule has 1 aromatic carbocycles.